The number of rotatable bonds is 5. The Kier molecular flexibility index (Phi) is 5.47. The van der Waals surface area contributed by atoms with Gasteiger partial charge in [0.2, 0.25) is 0 Å². The van der Waals surface area contributed by atoms with Crippen molar-refractivity contribution in [1.29, 1.82) is 5.26 Å². The van der Waals surface area contributed by atoms with Crippen molar-refractivity contribution in [2.75, 3.05) is 7.11 Å². The second kappa shape index (κ2) is 8.15. The van der Waals surface area contributed by atoms with Gasteiger partial charge in [-0.25, -0.2) is 4.79 Å². The molecule has 0 radical (unpaired) electrons. The fourth-order valence-corrected chi connectivity index (χ4v) is 2.97. The molecule has 0 unspecified atom stereocenters. The lowest BCUT2D eigenvalue weighted by Gasteiger charge is -2.09. The highest BCUT2D eigenvalue weighted by Gasteiger charge is 2.13. The molecule has 0 aliphatic heterocycles. The van der Waals surface area contributed by atoms with Crippen LogP contribution in [0.5, 0.6) is 11.5 Å². The Hall–Kier alpha value is -3.36. The van der Waals surface area contributed by atoms with E-state index in [4.69, 9.17) is 9.47 Å². The summed E-state index contributed by atoms with van der Waals surface area (Å²) in [5, 5.41) is 11.2. The van der Waals surface area contributed by atoms with Gasteiger partial charge in [0.15, 0.2) is 11.5 Å². The van der Waals surface area contributed by atoms with Crippen molar-refractivity contribution < 1.29 is 14.3 Å². The van der Waals surface area contributed by atoms with Crippen LogP contribution < -0.4 is 9.47 Å². The Labute approximate surface area is 155 Å². The van der Waals surface area contributed by atoms with E-state index in [1.807, 2.05) is 35.7 Å². The zero-order chi connectivity index (χ0) is 18.4. The molecule has 1 heterocycles. The van der Waals surface area contributed by atoms with Gasteiger partial charge in [-0.15, -0.1) is 11.3 Å². The molecule has 0 atom stereocenters. The Balaban J connectivity index is 1.88. The van der Waals surface area contributed by atoms with Gasteiger partial charge in [0.1, 0.15) is 4.88 Å². The minimum Gasteiger partial charge on any atom is -0.493 e. The lowest BCUT2D eigenvalue weighted by atomic mass is 10.0. The van der Waals surface area contributed by atoms with E-state index in [1.165, 1.54) is 18.4 Å². The quantitative estimate of drug-likeness (QED) is 0.276. The van der Waals surface area contributed by atoms with E-state index in [9.17, 15) is 10.1 Å². The fraction of sp³-hybridized carbons (Fsp3) is 0.0476. The van der Waals surface area contributed by atoms with Crippen molar-refractivity contribution in [2.45, 2.75) is 0 Å². The first-order valence-electron chi connectivity index (χ1n) is 7.82. The van der Waals surface area contributed by atoms with Crippen molar-refractivity contribution in [1.82, 2.24) is 0 Å². The number of carbonyl (C=O) groups is 1. The third-order valence-electron chi connectivity index (χ3n) is 3.63. The van der Waals surface area contributed by atoms with Crippen molar-refractivity contribution in [3.8, 4) is 17.6 Å². The van der Waals surface area contributed by atoms with E-state index in [0.29, 0.717) is 21.9 Å². The summed E-state index contributed by atoms with van der Waals surface area (Å²) in [6.07, 6.45) is 1.77. The average Bonchev–Trinajstić information content (AvgIpc) is 3.22. The summed E-state index contributed by atoms with van der Waals surface area (Å²) in [5.41, 5.74) is 2.15. The van der Waals surface area contributed by atoms with Crippen LogP contribution in [0, 0.1) is 11.3 Å². The summed E-state index contributed by atoms with van der Waals surface area (Å²) >= 11 is 1.31. The summed E-state index contributed by atoms with van der Waals surface area (Å²) in [4.78, 5) is 12.6. The summed E-state index contributed by atoms with van der Waals surface area (Å²) in [6.45, 7) is 0. The van der Waals surface area contributed by atoms with Gasteiger partial charge in [0, 0.05) is 0 Å². The third kappa shape index (κ3) is 4.00. The Morgan fingerprint density at radius 2 is 1.88 bits per heavy atom. The zero-order valence-corrected chi connectivity index (χ0v) is 14.8. The lowest BCUT2D eigenvalue weighted by molar-refractivity contribution is 0.0735. The molecule has 0 aliphatic rings. The first-order chi connectivity index (χ1) is 12.7. The van der Waals surface area contributed by atoms with Gasteiger partial charge in [-0.1, -0.05) is 42.5 Å². The maximum atomic E-state index is 12.1. The zero-order valence-electron chi connectivity index (χ0n) is 14.0. The number of nitrogens with zero attached hydrogens (tertiary/aromatic N) is 1. The van der Waals surface area contributed by atoms with Crippen molar-refractivity contribution in [2.24, 2.45) is 0 Å². The highest BCUT2D eigenvalue weighted by atomic mass is 32.1. The number of carbonyl (C=O) groups excluding carboxylic acids is 1. The maximum Gasteiger partial charge on any atom is 0.353 e. The molecule has 0 N–H and O–H groups in total. The normalized spacial score (nSPS) is 10.8. The highest BCUT2D eigenvalue weighted by Crippen LogP contribution is 2.30. The largest absolute Gasteiger partial charge is 0.493 e. The number of hydrogen-bond acceptors (Lipinski definition) is 5. The maximum absolute atomic E-state index is 12.1. The first-order valence-corrected chi connectivity index (χ1v) is 8.70. The fourth-order valence-electron chi connectivity index (χ4n) is 2.37. The molecule has 2 aromatic carbocycles. The molecule has 0 saturated heterocycles. The van der Waals surface area contributed by atoms with Gasteiger partial charge in [-0.3, -0.25) is 0 Å². The van der Waals surface area contributed by atoms with Crippen molar-refractivity contribution >= 4 is 29.0 Å². The number of esters is 1. The molecule has 3 aromatic rings. The number of methoxy groups -OCH3 is 1. The highest BCUT2D eigenvalue weighted by molar-refractivity contribution is 7.12. The molecule has 26 heavy (non-hydrogen) atoms. The monoisotopic (exact) mass is 361 g/mol. The topological polar surface area (TPSA) is 59.3 Å². The smallest absolute Gasteiger partial charge is 0.353 e. The van der Waals surface area contributed by atoms with Gasteiger partial charge in [-0.05, 0) is 40.8 Å². The van der Waals surface area contributed by atoms with Crippen LogP contribution in [0.25, 0.3) is 11.6 Å². The molecular formula is C21H15NO3S. The number of ether oxygens (including phenoxy) is 2. The molecule has 0 amide bonds. The first kappa shape index (κ1) is 17.5. The van der Waals surface area contributed by atoms with Crippen LogP contribution in [0.1, 0.15) is 20.8 Å². The summed E-state index contributed by atoms with van der Waals surface area (Å²) < 4.78 is 10.8. The van der Waals surface area contributed by atoms with E-state index < -0.39 is 5.97 Å². The molecule has 1 aromatic heterocycles. The number of benzene rings is 2. The molecule has 0 fully saturated rings. The van der Waals surface area contributed by atoms with Crippen LogP contribution in [0.3, 0.4) is 0 Å². The minimum absolute atomic E-state index is 0.335. The van der Waals surface area contributed by atoms with Crippen LogP contribution in [0.2, 0.25) is 0 Å². The summed E-state index contributed by atoms with van der Waals surface area (Å²) in [5.74, 6) is 0.332. The van der Waals surface area contributed by atoms with Crippen LogP contribution >= 0.6 is 11.3 Å². The SMILES string of the molecule is COc1cc(C=C(C#N)c2ccccc2)ccc1OC(=O)c1cccs1. The Morgan fingerprint density at radius 3 is 2.54 bits per heavy atom. The van der Waals surface area contributed by atoms with Crippen LogP contribution in [-0.4, -0.2) is 13.1 Å². The van der Waals surface area contributed by atoms with Gasteiger partial charge in [0.05, 0.1) is 18.8 Å². The second-order valence-electron chi connectivity index (χ2n) is 5.31. The number of nitriles is 1. The summed E-state index contributed by atoms with van der Waals surface area (Å²) in [6, 6.07) is 20.3. The second-order valence-corrected chi connectivity index (χ2v) is 6.26. The van der Waals surface area contributed by atoms with E-state index in [0.717, 1.165) is 11.1 Å². The molecule has 0 aliphatic carbocycles. The van der Waals surface area contributed by atoms with E-state index >= 15 is 0 Å². The van der Waals surface area contributed by atoms with Gasteiger partial charge in [0.25, 0.3) is 0 Å². The number of hydrogen-bond donors (Lipinski definition) is 0. The third-order valence-corrected chi connectivity index (χ3v) is 4.48. The average molecular weight is 361 g/mol. The predicted octanol–water partition coefficient (Wildman–Crippen LogP) is 5.04. The molecule has 3 rings (SSSR count). The molecule has 0 saturated carbocycles. The van der Waals surface area contributed by atoms with Crippen LogP contribution in [-0.2, 0) is 0 Å². The molecule has 5 heteroatoms. The Morgan fingerprint density at radius 1 is 1.08 bits per heavy atom. The van der Waals surface area contributed by atoms with Gasteiger partial charge >= 0.3 is 5.97 Å². The molecule has 0 spiro atoms. The number of allylic oxidation sites excluding steroid dienone is 1. The van der Waals surface area contributed by atoms with E-state index in [-0.39, 0.29) is 0 Å². The van der Waals surface area contributed by atoms with Gasteiger partial charge < -0.3 is 9.47 Å². The van der Waals surface area contributed by atoms with Crippen LogP contribution in [0.15, 0.2) is 66.0 Å². The van der Waals surface area contributed by atoms with Crippen LogP contribution in [0.4, 0.5) is 0 Å². The molecule has 0 bridgehead atoms. The number of thiophene rings is 1. The van der Waals surface area contributed by atoms with Crippen molar-refractivity contribution in [3.63, 3.8) is 0 Å². The standard InChI is InChI=1S/C21H15NO3S/c1-24-19-13-15(12-17(14-22)16-6-3-2-4-7-16)9-10-18(19)25-21(23)20-8-5-11-26-20/h2-13H,1H3. The van der Waals surface area contributed by atoms with E-state index in [1.54, 1.807) is 36.4 Å². The molecular weight excluding hydrogens is 346 g/mol. The van der Waals surface area contributed by atoms with Crippen molar-refractivity contribution in [3.05, 3.63) is 82.0 Å². The molecule has 4 nitrogen and oxygen atoms in total. The minimum atomic E-state index is -0.427. The van der Waals surface area contributed by atoms with Gasteiger partial charge in [-0.2, -0.15) is 5.26 Å². The predicted molar refractivity (Wildman–Crippen MR) is 102 cm³/mol. The summed E-state index contributed by atoms with van der Waals surface area (Å²) in [7, 11) is 1.51. The molecule has 128 valence electrons. The lowest BCUT2D eigenvalue weighted by Crippen LogP contribution is -2.07. The van der Waals surface area contributed by atoms with E-state index in [2.05, 4.69) is 6.07 Å². The Bertz CT molecular complexity index is 970.